The molecule has 0 radical (unpaired) electrons. The van der Waals surface area contributed by atoms with E-state index in [2.05, 4.69) is 0 Å². The van der Waals surface area contributed by atoms with Crippen LogP contribution in [0, 0.1) is 5.92 Å². The van der Waals surface area contributed by atoms with Crippen molar-refractivity contribution in [3.63, 3.8) is 0 Å². The fourth-order valence-corrected chi connectivity index (χ4v) is 3.29. The molecule has 0 aliphatic carbocycles. The molecule has 2 rings (SSSR count). The molecule has 0 aromatic heterocycles. The molecular formula is C14H15Cl2NO3. The molecule has 1 fully saturated rings. The molecule has 0 spiro atoms. The highest BCUT2D eigenvalue weighted by molar-refractivity contribution is 6.34. The summed E-state index contributed by atoms with van der Waals surface area (Å²) in [5.41, 5.74) is 0.671. The molecule has 1 amide bonds. The number of piperidine rings is 1. The molecule has 6 heteroatoms. The molecule has 1 heterocycles. The van der Waals surface area contributed by atoms with Gasteiger partial charge in [0.25, 0.3) is 0 Å². The Morgan fingerprint density at radius 1 is 1.35 bits per heavy atom. The maximum atomic E-state index is 12.0. The van der Waals surface area contributed by atoms with E-state index in [4.69, 9.17) is 23.2 Å². The molecule has 0 unspecified atom stereocenters. The lowest BCUT2D eigenvalue weighted by atomic mass is 9.84. The van der Waals surface area contributed by atoms with Gasteiger partial charge in [-0.05, 0) is 37.1 Å². The second-order valence-corrected chi connectivity index (χ2v) is 5.68. The quantitative estimate of drug-likeness (QED) is 0.930. The lowest BCUT2D eigenvalue weighted by Gasteiger charge is -2.39. The first-order valence-corrected chi connectivity index (χ1v) is 7.18. The van der Waals surface area contributed by atoms with Gasteiger partial charge in [-0.15, -0.1) is 0 Å². The Morgan fingerprint density at radius 2 is 1.95 bits per heavy atom. The summed E-state index contributed by atoms with van der Waals surface area (Å²) in [4.78, 5) is 25.1. The highest BCUT2D eigenvalue weighted by atomic mass is 35.5. The van der Waals surface area contributed by atoms with Gasteiger partial charge < -0.3 is 10.0 Å². The number of hydrogen-bond acceptors (Lipinski definition) is 2. The molecule has 1 N–H and O–H groups in total. The van der Waals surface area contributed by atoms with Gasteiger partial charge in [-0.2, -0.15) is 0 Å². The van der Waals surface area contributed by atoms with Crippen LogP contribution in [0.2, 0.25) is 10.0 Å². The minimum absolute atomic E-state index is 0.0360. The van der Waals surface area contributed by atoms with Crippen LogP contribution in [0.3, 0.4) is 0 Å². The van der Waals surface area contributed by atoms with Gasteiger partial charge in [-0.1, -0.05) is 23.2 Å². The molecule has 20 heavy (non-hydrogen) atoms. The standard InChI is InChI=1S/C14H15Cl2NO3/c1-2-17-12(18)4-3-11(14(19)20)13(17)8-5-9(15)7-10(16)6-8/h5-7,11,13H,2-4H2,1H3,(H,19,20)/t11-,13+/m0/s1. The first-order valence-electron chi connectivity index (χ1n) is 6.42. The monoisotopic (exact) mass is 315 g/mol. The number of benzene rings is 1. The summed E-state index contributed by atoms with van der Waals surface area (Å²) in [5.74, 6) is -1.58. The van der Waals surface area contributed by atoms with Crippen molar-refractivity contribution in [1.82, 2.24) is 4.90 Å². The Hall–Kier alpha value is -1.26. The third kappa shape index (κ3) is 2.91. The molecule has 0 bridgehead atoms. The molecule has 1 aliphatic heterocycles. The summed E-state index contributed by atoms with van der Waals surface area (Å²) in [5, 5.41) is 10.3. The normalized spacial score (nSPS) is 22.9. The van der Waals surface area contributed by atoms with Crippen LogP contribution in [0.15, 0.2) is 18.2 Å². The highest BCUT2D eigenvalue weighted by Crippen LogP contribution is 2.38. The van der Waals surface area contributed by atoms with Crippen molar-refractivity contribution in [2.45, 2.75) is 25.8 Å². The molecule has 1 aromatic carbocycles. The SMILES string of the molecule is CCN1C(=O)CC[C@H](C(=O)O)[C@H]1c1cc(Cl)cc(Cl)c1. The summed E-state index contributed by atoms with van der Waals surface area (Å²) in [6.07, 6.45) is 0.592. The Balaban J connectivity index is 2.49. The zero-order valence-corrected chi connectivity index (χ0v) is 12.5. The van der Waals surface area contributed by atoms with Crippen LogP contribution in [0.5, 0.6) is 0 Å². The van der Waals surface area contributed by atoms with Crippen molar-refractivity contribution in [2.24, 2.45) is 5.92 Å². The topological polar surface area (TPSA) is 57.6 Å². The number of nitrogens with zero attached hydrogens (tertiary/aromatic N) is 1. The summed E-state index contributed by atoms with van der Waals surface area (Å²) >= 11 is 12.0. The number of aliphatic carboxylic acids is 1. The summed E-state index contributed by atoms with van der Waals surface area (Å²) < 4.78 is 0. The van der Waals surface area contributed by atoms with Gasteiger partial charge in [-0.25, -0.2) is 0 Å². The fraction of sp³-hybridized carbons (Fsp3) is 0.429. The van der Waals surface area contributed by atoms with Crippen LogP contribution < -0.4 is 0 Å². The first-order chi connectivity index (χ1) is 9.43. The number of carbonyl (C=O) groups is 2. The summed E-state index contributed by atoms with van der Waals surface area (Å²) in [6, 6.07) is 4.42. The van der Waals surface area contributed by atoms with E-state index in [0.717, 1.165) is 0 Å². The van der Waals surface area contributed by atoms with E-state index in [0.29, 0.717) is 28.6 Å². The molecule has 0 saturated carbocycles. The smallest absolute Gasteiger partial charge is 0.308 e. The van der Waals surface area contributed by atoms with E-state index in [1.165, 1.54) is 0 Å². The number of carboxylic acids is 1. The number of carbonyl (C=O) groups excluding carboxylic acids is 1. The van der Waals surface area contributed by atoms with Gasteiger partial charge in [0.15, 0.2) is 0 Å². The van der Waals surface area contributed by atoms with Crippen LogP contribution in [0.25, 0.3) is 0 Å². The van der Waals surface area contributed by atoms with Gasteiger partial charge in [0.2, 0.25) is 5.91 Å². The van der Waals surface area contributed by atoms with Gasteiger partial charge in [-0.3, -0.25) is 9.59 Å². The predicted octanol–water partition coefficient (Wildman–Crippen LogP) is 3.38. The zero-order valence-electron chi connectivity index (χ0n) is 11.0. The Kier molecular flexibility index (Phi) is 4.55. The van der Waals surface area contributed by atoms with Gasteiger partial charge >= 0.3 is 5.97 Å². The van der Waals surface area contributed by atoms with Crippen molar-refractivity contribution in [3.05, 3.63) is 33.8 Å². The van der Waals surface area contributed by atoms with Crippen LogP contribution in [-0.4, -0.2) is 28.4 Å². The van der Waals surface area contributed by atoms with E-state index >= 15 is 0 Å². The molecule has 2 atom stereocenters. The Bertz CT molecular complexity index is 525. The second-order valence-electron chi connectivity index (χ2n) is 4.81. The second kappa shape index (κ2) is 6.02. The van der Waals surface area contributed by atoms with Crippen LogP contribution in [0.1, 0.15) is 31.4 Å². The van der Waals surface area contributed by atoms with E-state index in [1.807, 2.05) is 6.92 Å². The van der Waals surface area contributed by atoms with Gasteiger partial charge in [0.05, 0.1) is 12.0 Å². The highest BCUT2D eigenvalue weighted by Gasteiger charge is 2.40. The Labute approximate surface area is 127 Å². The lowest BCUT2D eigenvalue weighted by molar-refractivity contribution is -0.151. The molecule has 4 nitrogen and oxygen atoms in total. The first kappa shape index (κ1) is 15.1. The lowest BCUT2D eigenvalue weighted by Crippen LogP contribution is -2.45. The molecule has 1 aromatic rings. The molecular weight excluding hydrogens is 301 g/mol. The largest absolute Gasteiger partial charge is 0.481 e. The van der Waals surface area contributed by atoms with Crippen molar-refractivity contribution in [3.8, 4) is 0 Å². The maximum Gasteiger partial charge on any atom is 0.308 e. The third-order valence-electron chi connectivity index (χ3n) is 3.59. The number of halogens is 2. The van der Waals surface area contributed by atoms with E-state index < -0.39 is 17.9 Å². The molecule has 108 valence electrons. The van der Waals surface area contributed by atoms with Gasteiger partial charge in [0.1, 0.15) is 0 Å². The van der Waals surface area contributed by atoms with Gasteiger partial charge in [0, 0.05) is 23.0 Å². The number of carboxylic acid groups (broad SMARTS) is 1. The predicted molar refractivity (Wildman–Crippen MR) is 76.9 cm³/mol. The average Bonchev–Trinajstić information content (AvgIpc) is 2.36. The van der Waals surface area contributed by atoms with Crippen LogP contribution in [0.4, 0.5) is 0 Å². The van der Waals surface area contributed by atoms with E-state index in [-0.39, 0.29) is 12.3 Å². The summed E-state index contributed by atoms with van der Waals surface area (Å²) in [6.45, 7) is 2.29. The number of hydrogen-bond donors (Lipinski definition) is 1. The minimum Gasteiger partial charge on any atom is -0.481 e. The van der Waals surface area contributed by atoms with E-state index in [1.54, 1.807) is 23.1 Å². The molecule has 1 saturated heterocycles. The van der Waals surface area contributed by atoms with Crippen molar-refractivity contribution >= 4 is 35.1 Å². The Morgan fingerprint density at radius 3 is 2.45 bits per heavy atom. The third-order valence-corrected chi connectivity index (χ3v) is 4.03. The number of rotatable bonds is 3. The maximum absolute atomic E-state index is 12.0. The minimum atomic E-state index is -0.906. The van der Waals surface area contributed by atoms with Crippen molar-refractivity contribution in [1.29, 1.82) is 0 Å². The average molecular weight is 316 g/mol. The number of amides is 1. The summed E-state index contributed by atoms with van der Waals surface area (Å²) in [7, 11) is 0. The molecule has 1 aliphatic rings. The van der Waals surface area contributed by atoms with Crippen molar-refractivity contribution in [2.75, 3.05) is 6.54 Å². The van der Waals surface area contributed by atoms with Crippen LogP contribution in [-0.2, 0) is 9.59 Å². The number of likely N-dealkylation sites (tertiary alicyclic amines) is 1. The van der Waals surface area contributed by atoms with Crippen molar-refractivity contribution < 1.29 is 14.7 Å². The zero-order chi connectivity index (χ0) is 14.9. The van der Waals surface area contributed by atoms with E-state index in [9.17, 15) is 14.7 Å². The van der Waals surface area contributed by atoms with Crippen LogP contribution >= 0.6 is 23.2 Å². The fourth-order valence-electron chi connectivity index (χ4n) is 2.74.